The highest BCUT2D eigenvalue weighted by Crippen LogP contribution is 2.50. The Morgan fingerprint density at radius 2 is 1.21 bits per heavy atom. The van der Waals surface area contributed by atoms with Crippen molar-refractivity contribution < 1.29 is 77.2 Å². The van der Waals surface area contributed by atoms with Crippen molar-refractivity contribution in [3.63, 3.8) is 0 Å². The second-order valence-electron chi connectivity index (χ2n) is 10.7. The van der Waals surface area contributed by atoms with Crippen molar-refractivity contribution in [3.8, 4) is 17.2 Å². The second-order valence-corrected chi connectivity index (χ2v) is 15.2. The lowest BCUT2D eigenvalue weighted by atomic mass is 10.1. The fourth-order valence-corrected chi connectivity index (χ4v) is 6.83. The molecule has 0 aromatic heterocycles. The minimum Gasteiger partial charge on any atom is -0.505 e. The van der Waals surface area contributed by atoms with Crippen LogP contribution in [0.1, 0.15) is 0 Å². The van der Waals surface area contributed by atoms with Gasteiger partial charge in [0.25, 0.3) is 47.9 Å². The molecule has 0 radical (unpaired) electrons. The van der Waals surface area contributed by atoms with E-state index >= 15 is 0 Å². The molecule has 57 heavy (non-hydrogen) atoms. The van der Waals surface area contributed by atoms with Gasteiger partial charge in [0.2, 0.25) is 18.4 Å². The molecule has 0 spiro atoms. The number of phenols is 2. The summed E-state index contributed by atoms with van der Waals surface area (Å²) in [6.45, 7) is 0. The molecule has 0 aliphatic carbocycles. The molecule has 0 saturated carbocycles. The predicted molar refractivity (Wildman–Crippen MR) is 185 cm³/mol. The Morgan fingerprint density at radius 1 is 0.702 bits per heavy atom. The van der Waals surface area contributed by atoms with Crippen molar-refractivity contribution in [2.24, 2.45) is 30.7 Å². The summed E-state index contributed by atoms with van der Waals surface area (Å²) >= 11 is -0.280. The van der Waals surface area contributed by atoms with Crippen LogP contribution < -0.4 is 14.8 Å². The first-order valence-corrected chi connectivity index (χ1v) is 19.3. The zero-order valence-corrected chi connectivity index (χ0v) is 30.3. The molecule has 4 aromatic rings. The molecule has 5 rings (SSSR count). The molecule has 4 aromatic carbocycles. The molecule has 4 amide bonds. The molecule has 31 heteroatoms. The Bertz CT molecular complexity index is 2850. The van der Waals surface area contributed by atoms with E-state index in [1.807, 2.05) is 0 Å². The Labute approximate surface area is 319 Å². The Balaban J connectivity index is 1.67. The van der Waals surface area contributed by atoms with E-state index in [9.17, 15) is 73.6 Å². The first kappa shape index (κ1) is 41.6. The number of aromatic hydroxyl groups is 2. The summed E-state index contributed by atoms with van der Waals surface area (Å²) in [7, 11) is -16.2. The first-order valence-electron chi connectivity index (χ1n) is 14.3. The molecule has 1 saturated heterocycles. The Kier molecular flexibility index (Phi) is 11.3. The first-order chi connectivity index (χ1) is 26.5. The number of benzene rings is 4. The molecular formula is C26H17N9O18S4. The third kappa shape index (κ3) is 8.94. The van der Waals surface area contributed by atoms with Gasteiger partial charge in [0, 0.05) is 6.07 Å². The molecule has 1 heterocycles. The summed E-state index contributed by atoms with van der Waals surface area (Å²) in [4.78, 5) is 41.6. The van der Waals surface area contributed by atoms with Crippen LogP contribution in [-0.4, -0.2) is 82.5 Å². The fourth-order valence-electron chi connectivity index (χ4n) is 4.66. The quantitative estimate of drug-likeness (QED) is 0.0248. The number of nitrogens with one attached hydrogen (secondary N) is 2. The third-order valence-electron chi connectivity index (χ3n) is 7.08. The molecule has 1 aliphatic rings. The number of rotatable bonds is 12. The average molecular weight is 872 g/mol. The fraction of sp³-hybridized carbons (Fsp3) is 0.0385. The molecule has 1 aliphatic heterocycles. The maximum Gasteiger partial charge on any atom is 0.328 e. The highest BCUT2D eigenvalue weighted by molar-refractivity contribution is 7.89. The number of fused-ring (bicyclic) bond motifs is 1. The summed E-state index contributed by atoms with van der Waals surface area (Å²) in [6.07, 6.45) is 0. The number of nitro groups is 1. The van der Waals surface area contributed by atoms with Crippen LogP contribution >= 0.6 is 12.3 Å². The van der Waals surface area contributed by atoms with Gasteiger partial charge in [-0.3, -0.25) is 48.5 Å². The lowest BCUT2D eigenvalue weighted by Crippen LogP contribution is -2.57. The van der Waals surface area contributed by atoms with Gasteiger partial charge in [-0.25, -0.2) is 4.79 Å². The van der Waals surface area contributed by atoms with Gasteiger partial charge in [0.1, 0.15) is 37.4 Å². The second kappa shape index (κ2) is 15.5. The van der Waals surface area contributed by atoms with Crippen LogP contribution in [0.3, 0.4) is 0 Å². The number of carbonyl (C=O) groups is 3. The number of nitro benzene ring substituents is 1. The normalized spacial score (nSPS) is 14.5. The molecule has 0 bridgehead atoms. The zero-order valence-electron chi connectivity index (χ0n) is 27.0. The van der Waals surface area contributed by atoms with Gasteiger partial charge in [-0.05, 0) is 41.8 Å². The van der Waals surface area contributed by atoms with Gasteiger partial charge >= 0.3 is 6.03 Å². The van der Waals surface area contributed by atoms with Crippen molar-refractivity contribution in [1.29, 1.82) is 0 Å². The van der Waals surface area contributed by atoms with E-state index < -0.39 is 136 Å². The van der Waals surface area contributed by atoms with E-state index in [2.05, 4.69) is 30.7 Å². The maximum absolute atomic E-state index is 12.4. The topological polar surface area (TPSA) is 426 Å². The number of urea groups is 1. The highest BCUT2D eigenvalue weighted by Gasteiger charge is 2.34. The van der Waals surface area contributed by atoms with E-state index in [-0.39, 0.29) is 12.3 Å². The predicted octanol–water partition coefficient (Wildman–Crippen LogP) is 4.05. The number of nitrogens with zero attached hydrogens (tertiary/aromatic N) is 7. The standard InChI is InChI=1S/C26H17N9O18S4/c36-22-18-9(5-16(56(47,48)49)19(22)32-30-12-4-2-11(35(41)42)8-14(12)53-54-43)6-17(57(50,51)52)20(23(18)37)33-31-13-3-1-10(7-15(13)55(44,45)46)29-34-21-24(38)27-26(40)28-25(21)39/h1-8,21,36-37,43H,(H,44,45,46)(H,47,48,49)(H,50,51,52)(H2,27,28,38,39,40)/b32-30+,33-31+,34-29+. The van der Waals surface area contributed by atoms with Crippen LogP contribution in [0.25, 0.3) is 10.8 Å². The monoisotopic (exact) mass is 871 g/mol. The molecule has 27 nitrogen and oxygen atoms in total. The number of amides is 4. The van der Waals surface area contributed by atoms with Crippen LogP contribution in [0.2, 0.25) is 0 Å². The van der Waals surface area contributed by atoms with Crippen LogP contribution in [0.5, 0.6) is 17.2 Å². The Hall–Kier alpha value is -6.61. The molecule has 0 atom stereocenters. The summed E-state index contributed by atoms with van der Waals surface area (Å²) in [6, 6.07) is 2.74. The molecule has 298 valence electrons. The van der Waals surface area contributed by atoms with E-state index in [0.717, 1.165) is 30.3 Å². The maximum atomic E-state index is 12.4. The number of carbonyl (C=O) groups excluding carboxylic acids is 3. The smallest absolute Gasteiger partial charge is 0.328 e. The van der Waals surface area contributed by atoms with Crippen LogP contribution in [0, 0.1) is 10.1 Å². The average Bonchev–Trinajstić information content (AvgIpc) is 3.09. The zero-order chi connectivity index (χ0) is 42.2. The van der Waals surface area contributed by atoms with Gasteiger partial charge in [0.05, 0.1) is 22.1 Å². The van der Waals surface area contributed by atoms with Crippen molar-refractivity contribution in [1.82, 2.24) is 10.6 Å². The van der Waals surface area contributed by atoms with Crippen molar-refractivity contribution in [2.75, 3.05) is 0 Å². The summed E-state index contributed by atoms with van der Waals surface area (Å²) in [5, 5.41) is 56.5. The number of azo groups is 3. The third-order valence-corrected chi connectivity index (χ3v) is 9.95. The number of imide groups is 2. The highest BCUT2D eigenvalue weighted by atomic mass is 32.2. The SMILES string of the molecule is O=C1NC(=O)C(/N=N/c2ccc(/N=N/c3c(S(=O)(=O)O)cc4cc(S(=O)(=O)O)c(/N=N/c5ccc([N+](=O)[O-])cc5OSO)c(O)c4c3O)c(S(=O)(=O)O)c2)C(=O)N1. The van der Waals surface area contributed by atoms with Gasteiger partial charge < -0.3 is 14.4 Å². The molecular weight excluding hydrogens is 855 g/mol. The van der Waals surface area contributed by atoms with E-state index in [1.165, 1.54) is 0 Å². The number of hydrogen-bond donors (Lipinski definition) is 8. The minimum absolute atomic E-state index is 0.280. The van der Waals surface area contributed by atoms with Crippen molar-refractivity contribution >= 4 is 105 Å². The summed E-state index contributed by atoms with van der Waals surface area (Å²) in [5.41, 5.74) is -4.67. The number of hydrogen-bond acceptors (Lipinski definition) is 22. The van der Waals surface area contributed by atoms with E-state index in [1.54, 1.807) is 10.6 Å². The largest absolute Gasteiger partial charge is 0.505 e. The van der Waals surface area contributed by atoms with Gasteiger partial charge in [0.15, 0.2) is 17.2 Å². The van der Waals surface area contributed by atoms with E-state index in [0.29, 0.717) is 18.2 Å². The van der Waals surface area contributed by atoms with Crippen molar-refractivity contribution in [3.05, 3.63) is 58.6 Å². The Morgan fingerprint density at radius 3 is 1.70 bits per heavy atom. The molecule has 0 unspecified atom stereocenters. The minimum atomic E-state index is -5.48. The van der Waals surface area contributed by atoms with Crippen LogP contribution in [0.4, 0.5) is 38.9 Å². The van der Waals surface area contributed by atoms with Crippen molar-refractivity contribution in [2.45, 2.75) is 20.7 Å². The number of non-ortho nitro benzene ring substituents is 1. The lowest BCUT2D eigenvalue weighted by Gasteiger charge is -2.16. The molecule has 1 fully saturated rings. The van der Waals surface area contributed by atoms with Gasteiger partial charge in [-0.1, -0.05) is 0 Å². The number of phenolic OH excluding ortho intramolecular Hbond substituents is 2. The van der Waals surface area contributed by atoms with Crippen LogP contribution in [0.15, 0.2) is 93.9 Å². The van der Waals surface area contributed by atoms with Crippen LogP contribution in [-0.2, 0) is 39.9 Å². The summed E-state index contributed by atoms with van der Waals surface area (Å²) < 4.78 is 118. The lowest BCUT2D eigenvalue weighted by molar-refractivity contribution is -0.384. The van der Waals surface area contributed by atoms with Gasteiger partial charge in [-0.15, -0.1) is 20.5 Å². The molecule has 8 N–H and O–H groups in total. The van der Waals surface area contributed by atoms with Gasteiger partial charge in [-0.2, -0.15) is 35.5 Å². The number of barbiturate groups is 1. The van der Waals surface area contributed by atoms with E-state index in [4.69, 9.17) is 8.74 Å². The summed E-state index contributed by atoms with van der Waals surface area (Å²) in [5.74, 6) is -5.65.